The summed E-state index contributed by atoms with van der Waals surface area (Å²) in [6.45, 7) is 7.78. The molecule has 0 aromatic heterocycles. The lowest BCUT2D eigenvalue weighted by Gasteiger charge is -2.14. The van der Waals surface area contributed by atoms with Crippen molar-refractivity contribution >= 4 is 10.0 Å². The first kappa shape index (κ1) is 13.6. The van der Waals surface area contributed by atoms with E-state index in [2.05, 4.69) is 25.1 Å². The van der Waals surface area contributed by atoms with Gasteiger partial charge in [-0.05, 0) is 12.3 Å². The average molecular weight is 220 g/mol. The van der Waals surface area contributed by atoms with Crippen LogP contribution < -0.4 is 10.5 Å². The Kier molecular flexibility index (Phi) is 5.99. The normalized spacial score (nSPS) is 14.3. The van der Waals surface area contributed by atoms with E-state index in [4.69, 9.17) is 5.73 Å². The molecule has 0 spiro atoms. The van der Waals surface area contributed by atoms with Gasteiger partial charge in [0.15, 0.2) is 0 Å². The van der Waals surface area contributed by atoms with Crippen molar-refractivity contribution in [2.24, 2.45) is 11.7 Å². The highest BCUT2D eigenvalue weighted by Crippen LogP contribution is 2.01. The van der Waals surface area contributed by atoms with Crippen LogP contribution in [0.3, 0.4) is 0 Å². The minimum absolute atomic E-state index is 0.0542. The molecule has 84 valence electrons. The highest BCUT2D eigenvalue weighted by atomic mass is 32.2. The second-order valence-corrected chi connectivity index (χ2v) is 5.66. The SMILES string of the molecule is C=CCS(=O)(=O)NCC(N)CC(C)C. The fourth-order valence-electron chi connectivity index (χ4n) is 1.14. The minimum Gasteiger partial charge on any atom is -0.327 e. The molecule has 0 saturated carbocycles. The van der Waals surface area contributed by atoms with Gasteiger partial charge in [-0.3, -0.25) is 0 Å². The van der Waals surface area contributed by atoms with Crippen LogP contribution >= 0.6 is 0 Å². The van der Waals surface area contributed by atoms with Crippen molar-refractivity contribution in [2.75, 3.05) is 12.3 Å². The number of hydrogen-bond acceptors (Lipinski definition) is 3. The number of nitrogens with one attached hydrogen (secondary N) is 1. The monoisotopic (exact) mass is 220 g/mol. The van der Waals surface area contributed by atoms with Crippen molar-refractivity contribution in [2.45, 2.75) is 26.3 Å². The smallest absolute Gasteiger partial charge is 0.215 e. The molecule has 0 amide bonds. The molecular formula is C9H20N2O2S. The lowest BCUT2D eigenvalue weighted by molar-refractivity contribution is 0.486. The zero-order chi connectivity index (χ0) is 11.2. The molecule has 0 aliphatic rings. The van der Waals surface area contributed by atoms with Gasteiger partial charge >= 0.3 is 0 Å². The maximum absolute atomic E-state index is 11.2. The Morgan fingerprint density at radius 3 is 2.50 bits per heavy atom. The van der Waals surface area contributed by atoms with E-state index < -0.39 is 10.0 Å². The molecular weight excluding hydrogens is 200 g/mol. The first-order chi connectivity index (χ1) is 6.37. The van der Waals surface area contributed by atoms with Gasteiger partial charge in [0.05, 0.1) is 5.75 Å². The van der Waals surface area contributed by atoms with Crippen molar-refractivity contribution in [3.05, 3.63) is 12.7 Å². The van der Waals surface area contributed by atoms with Gasteiger partial charge in [0.1, 0.15) is 0 Å². The summed E-state index contributed by atoms with van der Waals surface area (Å²) in [5, 5.41) is 0. The Morgan fingerprint density at radius 1 is 1.50 bits per heavy atom. The maximum Gasteiger partial charge on any atom is 0.215 e. The third-order valence-corrected chi connectivity index (χ3v) is 2.96. The van der Waals surface area contributed by atoms with Crippen LogP contribution in [-0.4, -0.2) is 26.8 Å². The number of sulfonamides is 1. The van der Waals surface area contributed by atoms with Crippen LogP contribution in [0.1, 0.15) is 20.3 Å². The molecule has 0 aliphatic carbocycles. The Hall–Kier alpha value is -0.390. The standard InChI is InChI=1S/C9H20N2O2S/c1-4-5-14(12,13)11-7-9(10)6-8(2)3/h4,8-9,11H,1,5-7,10H2,2-3H3. The fraction of sp³-hybridized carbons (Fsp3) is 0.778. The van der Waals surface area contributed by atoms with Gasteiger partial charge in [-0.1, -0.05) is 19.9 Å². The summed E-state index contributed by atoms with van der Waals surface area (Å²) in [5.41, 5.74) is 5.73. The largest absolute Gasteiger partial charge is 0.327 e. The predicted molar refractivity (Wildman–Crippen MR) is 59.4 cm³/mol. The average Bonchev–Trinajstić information content (AvgIpc) is 2.00. The lowest BCUT2D eigenvalue weighted by Crippen LogP contribution is -2.38. The molecule has 0 aromatic rings. The van der Waals surface area contributed by atoms with E-state index >= 15 is 0 Å². The van der Waals surface area contributed by atoms with Gasteiger partial charge in [-0.25, -0.2) is 13.1 Å². The second-order valence-electron chi connectivity index (χ2n) is 3.81. The fourth-order valence-corrected chi connectivity index (χ4v) is 2.03. The van der Waals surface area contributed by atoms with Crippen LogP contribution in [0, 0.1) is 5.92 Å². The van der Waals surface area contributed by atoms with Crippen molar-refractivity contribution < 1.29 is 8.42 Å². The van der Waals surface area contributed by atoms with E-state index in [1.54, 1.807) is 0 Å². The van der Waals surface area contributed by atoms with Crippen molar-refractivity contribution in [1.82, 2.24) is 4.72 Å². The van der Waals surface area contributed by atoms with E-state index in [0.29, 0.717) is 12.5 Å². The summed E-state index contributed by atoms with van der Waals surface area (Å²) in [6, 6.07) is -0.116. The molecule has 14 heavy (non-hydrogen) atoms. The first-order valence-corrected chi connectivity index (χ1v) is 6.36. The molecule has 5 heteroatoms. The topological polar surface area (TPSA) is 72.2 Å². The molecule has 3 N–H and O–H groups in total. The lowest BCUT2D eigenvalue weighted by atomic mass is 10.1. The van der Waals surface area contributed by atoms with Crippen molar-refractivity contribution in [3.63, 3.8) is 0 Å². The van der Waals surface area contributed by atoms with Crippen molar-refractivity contribution in [3.8, 4) is 0 Å². The van der Waals surface area contributed by atoms with E-state index in [1.165, 1.54) is 6.08 Å². The summed E-state index contributed by atoms with van der Waals surface area (Å²) in [6.07, 6.45) is 2.17. The molecule has 0 fully saturated rings. The summed E-state index contributed by atoms with van der Waals surface area (Å²) >= 11 is 0. The molecule has 1 unspecified atom stereocenters. The van der Waals surface area contributed by atoms with Crippen LogP contribution in [0.4, 0.5) is 0 Å². The molecule has 0 bridgehead atoms. The third kappa shape index (κ3) is 7.06. The van der Waals surface area contributed by atoms with Crippen LogP contribution in [0.15, 0.2) is 12.7 Å². The number of nitrogens with two attached hydrogens (primary N) is 1. The zero-order valence-corrected chi connectivity index (χ0v) is 9.68. The molecule has 0 rings (SSSR count). The van der Waals surface area contributed by atoms with Gasteiger partial charge in [0, 0.05) is 12.6 Å². The summed E-state index contributed by atoms with van der Waals surface area (Å²) in [4.78, 5) is 0. The Morgan fingerprint density at radius 2 is 2.07 bits per heavy atom. The van der Waals surface area contributed by atoms with Gasteiger partial charge in [-0.2, -0.15) is 0 Å². The summed E-state index contributed by atoms with van der Waals surface area (Å²) < 4.78 is 24.8. The van der Waals surface area contributed by atoms with Crippen LogP contribution in [-0.2, 0) is 10.0 Å². The van der Waals surface area contributed by atoms with Gasteiger partial charge < -0.3 is 5.73 Å². The van der Waals surface area contributed by atoms with Crippen LogP contribution in [0.5, 0.6) is 0 Å². The summed E-state index contributed by atoms with van der Waals surface area (Å²) in [5.74, 6) is 0.426. The Bertz CT molecular complexity index is 260. The van der Waals surface area contributed by atoms with E-state index in [-0.39, 0.29) is 11.8 Å². The molecule has 0 aliphatic heterocycles. The maximum atomic E-state index is 11.2. The highest BCUT2D eigenvalue weighted by Gasteiger charge is 2.11. The zero-order valence-electron chi connectivity index (χ0n) is 8.86. The Balaban J connectivity index is 3.87. The van der Waals surface area contributed by atoms with Crippen LogP contribution in [0.2, 0.25) is 0 Å². The molecule has 0 heterocycles. The predicted octanol–water partition coefficient (Wildman–Crippen LogP) is 0.465. The van der Waals surface area contributed by atoms with Gasteiger partial charge in [-0.15, -0.1) is 6.58 Å². The molecule has 0 radical (unpaired) electrons. The Labute approximate surface area is 86.6 Å². The molecule has 1 atom stereocenters. The van der Waals surface area contributed by atoms with Crippen LogP contribution in [0.25, 0.3) is 0 Å². The minimum atomic E-state index is -3.21. The first-order valence-electron chi connectivity index (χ1n) is 4.71. The molecule has 0 aromatic carbocycles. The van der Waals surface area contributed by atoms with Gasteiger partial charge in [0.25, 0.3) is 0 Å². The highest BCUT2D eigenvalue weighted by molar-refractivity contribution is 7.89. The summed E-state index contributed by atoms with van der Waals surface area (Å²) in [7, 11) is -3.21. The number of hydrogen-bond donors (Lipinski definition) is 2. The van der Waals surface area contributed by atoms with E-state index in [9.17, 15) is 8.42 Å². The molecule has 4 nitrogen and oxygen atoms in total. The molecule has 0 saturated heterocycles. The van der Waals surface area contributed by atoms with E-state index in [0.717, 1.165) is 6.42 Å². The quantitative estimate of drug-likeness (QED) is 0.612. The third-order valence-electron chi connectivity index (χ3n) is 1.68. The second kappa shape index (κ2) is 6.16. The van der Waals surface area contributed by atoms with Crippen molar-refractivity contribution in [1.29, 1.82) is 0 Å². The van der Waals surface area contributed by atoms with Gasteiger partial charge in [0.2, 0.25) is 10.0 Å². The van der Waals surface area contributed by atoms with E-state index in [1.807, 2.05) is 0 Å². The number of rotatable bonds is 7.